The fourth-order valence-corrected chi connectivity index (χ4v) is 3.57. The summed E-state index contributed by atoms with van der Waals surface area (Å²) in [6.07, 6.45) is 3.01. The first kappa shape index (κ1) is 28.6. The van der Waals surface area contributed by atoms with Gasteiger partial charge in [-0.05, 0) is 62.4 Å². The summed E-state index contributed by atoms with van der Waals surface area (Å²) < 4.78 is 28.1. The zero-order valence-corrected chi connectivity index (χ0v) is 20.4. The average molecular weight is 482 g/mol. The molecule has 3 rings (SSSR count). The van der Waals surface area contributed by atoms with E-state index in [4.69, 9.17) is 24.2 Å². The number of hydrogen-bond acceptors (Lipinski definition) is 8. The van der Waals surface area contributed by atoms with E-state index in [9.17, 15) is 9.36 Å². The van der Waals surface area contributed by atoms with Gasteiger partial charge in [-0.1, -0.05) is 29.4 Å². The van der Waals surface area contributed by atoms with Crippen molar-refractivity contribution >= 4 is 14.1 Å². The number of aliphatic hydroxyl groups excluding tert-OH is 1. The smallest absolute Gasteiger partial charge is 0.508 e. The Morgan fingerprint density at radius 1 is 1.15 bits per heavy atom. The SMILES string of the molecule is CC(C)OC(=O)[C@@H](C)N[P+](=O)OC[C@@H]1CCC(c2ccccn2)O1.CO.Oc1ccccc1. The Morgan fingerprint density at radius 2 is 1.82 bits per heavy atom. The number of aromatic hydroxyl groups is 1. The molecule has 4 atom stereocenters. The van der Waals surface area contributed by atoms with Crippen LogP contribution < -0.4 is 5.09 Å². The number of phenolic OH excluding ortho intramolecular Hbond substituents is 1. The quantitative estimate of drug-likeness (QED) is 0.380. The predicted molar refractivity (Wildman–Crippen MR) is 125 cm³/mol. The number of carbonyl (C=O) groups excluding carboxylic acids is 1. The number of rotatable bonds is 8. The van der Waals surface area contributed by atoms with Crippen LogP contribution in [0.5, 0.6) is 5.75 Å². The van der Waals surface area contributed by atoms with Crippen LogP contribution in [-0.4, -0.2) is 53.1 Å². The zero-order valence-electron chi connectivity index (χ0n) is 19.5. The fourth-order valence-electron chi connectivity index (χ4n) is 2.77. The number of nitrogens with one attached hydrogen (secondary N) is 1. The predicted octanol–water partition coefficient (Wildman–Crippen LogP) is 3.91. The van der Waals surface area contributed by atoms with Crippen molar-refractivity contribution in [3.63, 3.8) is 0 Å². The maximum atomic E-state index is 11.9. The summed E-state index contributed by atoms with van der Waals surface area (Å²) in [4.78, 5) is 15.9. The van der Waals surface area contributed by atoms with Crippen LogP contribution >= 0.6 is 8.18 Å². The summed E-state index contributed by atoms with van der Waals surface area (Å²) in [7, 11) is -1.16. The Bertz CT molecular complexity index is 809. The minimum atomic E-state index is -2.16. The molecular weight excluding hydrogens is 447 g/mol. The normalized spacial score (nSPS) is 18.3. The summed E-state index contributed by atoms with van der Waals surface area (Å²) in [5, 5.41) is 18.2. The number of pyridine rings is 1. The minimum Gasteiger partial charge on any atom is -0.508 e. The molecule has 3 N–H and O–H groups in total. The Hall–Kier alpha value is -2.42. The van der Waals surface area contributed by atoms with E-state index in [0.717, 1.165) is 25.6 Å². The number of carbonyl (C=O) groups is 1. The molecule has 2 aromatic rings. The molecule has 182 valence electrons. The van der Waals surface area contributed by atoms with Gasteiger partial charge >= 0.3 is 14.1 Å². The number of para-hydroxylation sites is 1. The lowest BCUT2D eigenvalue weighted by molar-refractivity contribution is -0.149. The van der Waals surface area contributed by atoms with E-state index >= 15 is 0 Å². The van der Waals surface area contributed by atoms with E-state index in [1.54, 1.807) is 51.2 Å². The molecule has 0 amide bonds. The fraction of sp³-hybridized carbons (Fsp3) is 0.478. The molecule has 0 aliphatic carbocycles. The van der Waals surface area contributed by atoms with Crippen molar-refractivity contribution in [1.29, 1.82) is 0 Å². The van der Waals surface area contributed by atoms with E-state index in [1.807, 2.05) is 24.3 Å². The Morgan fingerprint density at radius 3 is 2.36 bits per heavy atom. The zero-order chi connectivity index (χ0) is 24.6. The third-order valence-electron chi connectivity index (χ3n) is 4.26. The second kappa shape index (κ2) is 16.2. The van der Waals surface area contributed by atoms with Gasteiger partial charge in [-0.15, -0.1) is 4.52 Å². The van der Waals surface area contributed by atoms with Crippen molar-refractivity contribution in [3.05, 3.63) is 60.4 Å². The van der Waals surface area contributed by atoms with E-state index in [2.05, 4.69) is 10.1 Å². The number of aromatic nitrogens is 1. The molecule has 10 heteroatoms. The number of hydrogen-bond donors (Lipinski definition) is 3. The van der Waals surface area contributed by atoms with Crippen molar-refractivity contribution < 1.29 is 33.6 Å². The number of ether oxygens (including phenoxy) is 2. The van der Waals surface area contributed by atoms with E-state index in [-0.39, 0.29) is 24.9 Å². The largest absolute Gasteiger partial charge is 0.613 e. The Balaban J connectivity index is 0.000000508. The van der Waals surface area contributed by atoms with Crippen LogP contribution in [0.3, 0.4) is 0 Å². The van der Waals surface area contributed by atoms with Crippen molar-refractivity contribution in [2.24, 2.45) is 0 Å². The van der Waals surface area contributed by atoms with E-state index < -0.39 is 20.2 Å². The summed E-state index contributed by atoms with van der Waals surface area (Å²) in [6, 6.07) is 13.7. The second-order valence-electron chi connectivity index (χ2n) is 7.30. The molecule has 33 heavy (non-hydrogen) atoms. The van der Waals surface area contributed by atoms with Gasteiger partial charge in [0.15, 0.2) is 0 Å². The Labute approximate surface area is 196 Å². The molecule has 1 fully saturated rings. The number of benzene rings is 1. The van der Waals surface area contributed by atoms with Crippen LogP contribution in [0.4, 0.5) is 0 Å². The molecule has 0 radical (unpaired) electrons. The van der Waals surface area contributed by atoms with Crippen molar-refractivity contribution in [2.75, 3.05) is 13.7 Å². The van der Waals surface area contributed by atoms with Crippen LogP contribution in [0.1, 0.15) is 45.4 Å². The first-order valence-corrected chi connectivity index (χ1v) is 11.8. The van der Waals surface area contributed by atoms with Crippen LogP contribution in [-0.2, 0) is 23.4 Å². The average Bonchev–Trinajstić information content (AvgIpc) is 3.29. The first-order valence-electron chi connectivity index (χ1n) is 10.7. The highest BCUT2D eigenvalue weighted by Crippen LogP contribution is 2.32. The molecule has 1 aliphatic heterocycles. The molecule has 1 aliphatic rings. The number of aliphatic hydroxyl groups is 1. The van der Waals surface area contributed by atoms with E-state index in [1.165, 1.54) is 0 Å². The molecule has 1 aromatic heterocycles. The highest BCUT2D eigenvalue weighted by Gasteiger charge is 2.32. The first-order chi connectivity index (χ1) is 15.8. The lowest BCUT2D eigenvalue weighted by Gasteiger charge is -2.12. The third-order valence-corrected chi connectivity index (χ3v) is 5.25. The topological polar surface area (TPSA) is 127 Å². The molecule has 9 nitrogen and oxygen atoms in total. The molecule has 0 bridgehead atoms. The van der Waals surface area contributed by atoms with Gasteiger partial charge in [0.1, 0.15) is 18.4 Å². The molecule has 0 saturated carbocycles. The number of phenols is 1. The molecule has 1 aromatic carbocycles. The van der Waals surface area contributed by atoms with Gasteiger partial charge < -0.3 is 19.7 Å². The standard InChI is InChI=1S/C16H24N2O5P.C6H6O.CH4O/c1-11(2)22-16(19)12(3)18-24(20)21-10-13-7-8-15(23-13)14-6-4-5-9-17-14;7-6-4-2-1-3-5-6;1-2/h4-6,9,11-13,15H,7-8,10H2,1-3H3,(H,18,20);1-5,7H;2H,1H3/q+1;;/t12-,13+,15?;;/m1../s1. The second-order valence-corrected chi connectivity index (χ2v) is 8.33. The van der Waals surface area contributed by atoms with Crippen LogP contribution in [0.2, 0.25) is 0 Å². The van der Waals surface area contributed by atoms with Gasteiger partial charge in [0.05, 0.1) is 24.0 Å². The highest BCUT2D eigenvalue weighted by atomic mass is 31.1. The lowest BCUT2D eigenvalue weighted by Crippen LogP contribution is -2.33. The Kier molecular flexibility index (Phi) is 14.1. The van der Waals surface area contributed by atoms with E-state index in [0.29, 0.717) is 5.75 Å². The van der Waals surface area contributed by atoms with Gasteiger partial charge in [-0.2, -0.15) is 0 Å². The van der Waals surface area contributed by atoms with Crippen molar-refractivity contribution in [1.82, 2.24) is 10.1 Å². The molecule has 2 unspecified atom stereocenters. The van der Waals surface area contributed by atoms with Gasteiger partial charge in [0.25, 0.3) is 0 Å². The van der Waals surface area contributed by atoms with Crippen LogP contribution in [0, 0.1) is 0 Å². The minimum absolute atomic E-state index is 0.0504. The summed E-state index contributed by atoms with van der Waals surface area (Å²) in [5.74, 6) is -0.133. The summed E-state index contributed by atoms with van der Waals surface area (Å²) >= 11 is 0. The van der Waals surface area contributed by atoms with Gasteiger partial charge in [0.2, 0.25) is 0 Å². The number of nitrogens with zero attached hydrogens (tertiary/aromatic N) is 1. The van der Waals surface area contributed by atoms with Crippen LogP contribution in [0.15, 0.2) is 54.7 Å². The summed E-state index contributed by atoms with van der Waals surface area (Å²) in [6.45, 7) is 5.31. The van der Waals surface area contributed by atoms with Gasteiger partial charge in [-0.25, -0.2) is 0 Å². The molecular formula is C23H34N2O7P+. The van der Waals surface area contributed by atoms with Crippen molar-refractivity contribution in [2.45, 2.75) is 58.0 Å². The number of esters is 1. The molecule has 0 spiro atoms. The monoisotopic (exact) mass is 481 g/mol. The maximum Gasteiger partial charge on any atom is 0.613 e. The lowest BCUT2D eigenvalue weighted by atomic mass is 10.1. The van der Waals surface area contributed by atoms with Gasteiger partial charge in [0, 0.05) is 13.3 Å². The third kappa shape index (κ3) is 11.8. The summed E-state index contributed by atoms with van der Waals surface area (Å²) in [5.41, 5.74) is 0.896. The molecule has 2 heterocycles. The van der Waals surface area contributed by atoms with Crippen LogP contribution in [0.25, 0.3) is 0 Å². The maximum absolute atomic E-state index is 11.9. The van der Waals surface area contributed by atoms with Gasteiger partial charge in [-0.3, -0.25) is 9.78 Å². The van der Waals surface area contributed by atoms with Crippen molar-refractivity contribution in [3.8, 4) is 5.75 Å². The molecule has 1 saturated heterocycles. The highest BCUT2D eigenvalue weighted by molar-refractivity contribution is 7.36.